The predicted molar refractivity (Wildman–Crippen MR) is 71.2 cm³/mol. The van der Waals surface area contributed by atoms with E-state index in [1.165, 1.54) is 0 Å². The molecular weight excluding hydrogens is 378 g/mol. The zero-order chi connectivity index (χ0) is 15.8. The monoisotopic (exact) mass is 383 g/mol. The Morgan fingerprint density at radius 3 is 2.00 bits per heavy atom. The molecule has 9 heteroatoms. The minimum absolute atomic E-state index is 0.0391. The molecule has 3 nitrogen and oxygen atoms in total. The fourth-order valence-electron chi connectivity index (χ4n) is 1.55. The van der Waals surface area contributed by atoms with Gasteiger partial charge in [0, 0.05) is 12.1 Å². The van der Waals surface area contributed by atoms with Gasteiger partial charge in [-0.25, -0.2) is 26.0 Å². The molecular formula is C12H6BrF4NO2S. The second kappa shape index (κ2) is 5.64. The van der Waals surface area contributed by atoms with E-state index < -0.39 is 38.2 Å². The molecule has 0 heterocycles. The van der Waals surface area contributed by atoms with Gasteiger partial charge in [0.2, 0.25) is 0 Å². The maximum absolute atomic E-state index is 13.5. The molecule has 0 fully saturated rings. The van der Waals surface area contributed by atoms with Crippen molar-refractivity contribution in [3.05, 3.63) is 58.1 Å². The molecule has 2 aromatic carbocycles. The van der Waals surface area contributed by atoms with E-state index in [4.69, 9.17) is 0 Å². The zero-order valence-electron chi connectivity index (χ0n) is 10.0. The first kappa shape index (κ1) is 15.8. The van der Waals surface area contributed by atoms with Crippen molar-refractivity contribution < 1.29 is 26.0 Å². The summed E-state index contributed by atoms with van der Waals surface area (Å²) in [7, 11) is -4.63. The van der Waals surface area contributed by atoms with Gasteiger partial charge in [-0.1, -0.05) is 0 Å². The maximum atomic E-state index is 13.5. The highest BCUT2D eigenvalue weighted by Crippen LogP contribution is 2.25. The summed E-state index contributed by atoms with van der Waals surface area (Å²) in [5.41, 5.74) is -0.119. The number of anilines is 1. The van der Waals surface area contributed by atoms with Gasteiger partial charge in [0.1, 0.15) is 23.3 Å². The van der Waals surface area contributed by atoms with Crippen LogP contribution < -0.4 is 4.72 Å². The molecule has 0 aliphatic heterocycles. The van der Waals surface area contributed by atoms with Crippen molar-refractivity contribution in [3.8, 4) is 0 Å². The first-order valence-corrected chi connectivity index (χ1v) is 7.61. The first-order valence-electron chi connectivity index (χ1n) is 5.33. The third-order valence-electron chi connectivity index (χ3n) is 2.40. The summed E-state index contributed by atoms with van der Waals surface area (Å²) in [5, 5.41) is 0. The Kier molecular flexibility index (Phi) is 4.24. The summed E-state index contributed by atoms with van der Waals surface area (Å²) < 4.78 is 78.5. The molecule has 0 amide bonds. The van der Waals surface area contributed by atoms with Crippen LogP contribution in [-0.2, 0) is 10.0 Å². The number of sulfonamides is 1. The van der Waals surface area contributed by atoms with Gasteiger partial charge in [0.05, 0.1) is 10.2 Å². The maximum Gasteiger partial charge on any atom is 0.267 e. The van der Waals surface area contributed by atoms with E-state index in [2.05, 4.69) is 15.9 Å². The van der Waals surface area contributed by atoms with Crippen molar-refractivity contribution in [1.82, 2.24) is 0 Å². The SMILES string of the molecule is O=S(=O)(Nc1ccc(F)c(Br)c1)c1c(F)cc(F)cc1F. The standard InChI is InChI=1S/C12H6BrF4NO2S/c13-8-5-7(1-2-9(8)15)18-21(19,20)12-10(16)3-6(14)4-11(12)17/h1-5,18H. The topological polar surface area (TPSA) is 46.2 Å². The lowest BCUT2D eigenvalue weighted by molar-refractivity contribution is 0.498. The number of halogens is 5. The third kappa shape index (κ3) is 3.35. The second-order valence-corrected chi connectivity index (χ2v) is 6.41. The molecule has 2 aromatic rings. The van der Waals surface area contributed by atoms with Crippen molar-refractivity contribution in [2.75, 3.05) is 4.72 Å². The number of hydrogen-bond donors (Lipinski definition) is 1. The Hall–Kier alpha value is -1.61. The second-order valence-electron chi connectivity index (χ2n) is 3.93. The van der Waals surface area contributed by atoms with E-state index in [1.54, 1.807) is 0 Å². The van der Waals surface area contributed by atoms with Crippen molar-refractivity contribution in [2.24, 2.45) is 0 Å². The van der Waals surface area contributed by atoms with Crippen molar-refractivity contribution in [1.29, 1.82) is 0 Å². The highest BCUT2D eigenvalue weighted by molar-refractivity contribution is 9.10. The van der Waals surface area contributed by atoms with Gasteiger partial charge < -0.3 is 0 Å². The number of benzene rings is 2. The Balaban J connectivity index is 2.46. The Morgan fingerprint density at radius 2 is 1.48 bits per heavy atom. The smallest absolute Gasteiger partial charge is 0.267 e. The zero-order valence-corrected chi connectivity index (χ0v) is 12.4. The lowest BCUT2D eigenvalue weighted by Crippen LogP contribution is -2.16. The highest BCUT2D eigenvalue weighted by Gasteiger charge is 2.25. The normalized spacial score (nSPS) is 11.5. The molecule has 0 atom stereocenters. The first-order chi connectivity index (χ1) is 9.70. The molecule has 0 aliphatic carbocycles. The van der Waals surface area contributed by atoms with Crippen molar-refractivity contribution >= 4 is 31.6 Å². The van der Waals surface area contributed by atoms with Crippen LogP contribution in [0, 0.1) is 23.3 Å². The molecule has 0 spiro atoms. The predicted octanol–water partition coefficient (Wildman–Crippen LogP) is 3.81. The summed E-state index contributed by atoms with van der Waals surface area (Å²) in [5.74, 6) is -5.02. The molecule has 0 bridgehead atoms. The highest BCUT2D eigenvalue weighted by atomic mass is 79.9. The van der Waals surface area contributed by atoms with Crippen LogP contribution in [0.3, 0.4) is 0 Å². The number of hydrogen-bond acceptors (Lipinski definition) is 2. The van der Waals surface area contributed by atoms with Crippen molar-refractivity contribution in [3.63, 3.8) is 0 Å². The average Bonchev–Trinajstić information content (AvgIpc) is 2.31. The minimum Gasteiger partial charge on any atom is -0.279 e. The van der Waals surface area contributed by atoms with E-state index in [1.807, 2.05) is 4.72 Å². The molecule has 0 aromatic heterocycles. The van der Waals surface area contributed by atoms with E-state index in [-0.39, 0.29) is 22.3 Å². The fraction of sp³-hybridized carbons (Fsp3) is 0. The molecule has 1 N–H and O–H groups in total. The largest absolute Gasteiger partial charge is 0.279 e. The summed E-state index contributed by atoms with van der Waals surface area (Å²) >= 11 is 2.84. The molecule has 0 radical (unpaired) electrons. The van der Waals surface area contributed by atoms with E-state index in [0.717, 1.165) is 18.2 Å². The van der Waals surface area contributed by atoms with Crippen LogP contribution in [0.25, 0.3) is 0 Å². The number of nitrogens with one attached hydrogen (secondary N) is 1. The summed E-state index contributed by atoms with van der Waals surface area (Å²) in [6, 6.07) is 3.60. The van der Waals surface area contributed by atoms with E-state index in [9.17, 15) is 26.0 Å². The van der Waals surface area contributed by atoms with Crippen LogP contribution in [0.4, 0.5) is 23.2 Å². The third-order valence-corrected chi connectivity index (χ3v) is 4.44. The minimum atomic E-state index is -4.63. The molecule has 0 saturated heterocycles. The summed E-state index contributed by atoms with van der Waals surface area (Å²) in [4.78, 5) is -1.32. The number of rotatable bonds is 3. The Bertz CT molecular complexity index is 788. The van der Waals surface area contributed by atoms with Gasteiger partial charge in [-0.3, -0.25) is 4.72 Å². The molecule has 2 rings (SSSR count). The van der Waals surface area contributed by atoms with Crippen LogP contribution in [0.2, 0.25) is 0 Å². The summed E-state index contributed by atoms with van der Waals surface area (Å²) in [6.45, 7) is 0. The van der Waals surface area contributed by atoms with Crippen LogP contribution in [0.15, 0.2) is 39.7 Å². The van der Waals surface area contributed by atoms with Crippen LogP contribution in [0.1, 0.15) is 0 Å². The van der Waals surface area contributed by atoms with Crippen molar-refractivity contribution in [2.45, 2.75) is 4.90 Å². The average molecular weight is 384 g/mol. The Labute approximate surface area is 125 Å². The van der Waals surface area contributed by atoms with Gasteiger partial charge in [-0.05, 0) is 34.1 Å². The summed E-state index contributed by atoms with van der Waals surface area (Å²) in [6.07, 6.45) is 0. The molecule has 0 saturated carbocycles. The van der Waals surface area contributed by atoms with Crippen LogP contribution >= 0.6 is 15.9 Å². The lowest BCUT2D eigenvalue weighted by Gasteiger charge is -2.10. The molecule has 112 valence electrons. The fourth-order valence-corrected chi connectivity index (χ4v) is 3.10. The van der Waals surface area contributed by atoms with Crippen LogP contribution in [0.5, 0.6) is 0 Å². The van der Waals surface area contributed by atoms with Gasteiger partial charge in [0.15, 0.2) is 4.90 Å². The quantitative estimate of drug-likeness (QED) is 0.819. The van der Waals surface area contributed by atoms with Gasteiger partial charge in [-0.2, -0.15) is 0 Å². The van der Waals surface area contributed by atoms with Gasteiger partial charge >= 0.3 is 0 Å². The lowest BCUT2D eigenvalue weighted by atomic mass is 10.3. The van der Waals surface area contributed by atoms with E-state index >= 15 is 0 Å². The van der Waals surface area contributed by atoms with Gasteiger partial charge in [-0.15, -0.1) is 0 Å². The molecule has 0 aliphatic rings. The van der Waals surface area contributed by atoms with Gasteiger partial charge in [0.25, 0.3) is 10.0 Å². The van der Waals surface area contributed by atoms with Crippen LogP contribution in [-0.4, -0.2) is 8.42 Å². The van der Waals surface area contributed by atoms with E-state index in [0.29, 0.717) is 0 Å². The Morgan fingerprint density at radius 1 is 0.905 bits per heavy atom. The molecule has 21 heavy (non-hydrogen) atoms. The molecule has 0 unspecified atom stereocenters.